The fraction of sp³-hybridized carbons (Fsp3) is 0.231. The van der Waals surface area contributed by atoms with Crippen LogP contribution < -0.4 is 10.1 Å². The summed E-state index contributed by atoms with van der Waals surface area (Å²) in [5, 5.41) is 19.2. The van der Waals surface area contributed by atoms with Gasteiger partial charge in [0.15, 0.2) is 5.82 Å². The number of benzene rings is 1. The van der Waals surface area contributed by atoms with E-state index in [4.69, 9.17) is 4.74 Å². The van der Waals surface area contributed by atoms with E-state index in [1.165, 1.54) is 0 Å². The lowest BCUT2D eigenvalue weighted by atomic mass is 10.2. The first kappa shape index (κ1) is 12.3. The van der Waals surface area contributed by atoms with E-state index in [0.717, 1.165) is 16.7 Å². The van der Waals surface area contributed by atoms with Gasteiger partial charge in [0, 0.05) is 18.8 Å². The zero-order chi connectivity index (χ0) is 13.9. The normalized spacial score (nSPS) is 10.7. The van der Waals surface area contributed by atoms with Crippen LogP contribution in [0.2, 0.25) is 0 Å². The summed E-state index contributed by atoms with van der Waals surface area (Å²) in [7, 11) is 1.86. The Morgan fingerprint density at radius 2 is 2.05 bits per heavy atom. The van der Waals surface area contributed by atoms with Crippen molar-refractivity contribution in [3.05, 3.63) is 30.3 Å². The van der Waals surface area contributed by atoms with Crippen LogP contribution in [0.25, 0.3) is 11.0 Å². The Labute approximate surface area is 115 Å². The molecule has 0 aliphatic heterocycles. The van der Waals surface area contributed by atoms with Crippen molar-refractivity contribution >= 4 is 22.5 Å². The molecule has 0 atom stereocenters. The molecule has 7 nitrogen and oxygen atoms in total. The standard InChI is InChI=1S/C13H14N6O/c1-3-20-13-7-6-12(16-17-13)14-9-4-5-11-10(8-9)15-18-19(11)2/h4-8H,3H2,1-2H3,(H,14,16). The van der Waals surface area contributed by atoms with Crippen LogP contribution in [0, 0.1) is 0 Å². The van der Waals surface area contributed by atoms with Crippen LogP contribution in [0.5, 0.6) is 5.88 Å². The van der Waals surface area contributed by atoms with Gasteiger partial charge in [-0.15, -0.1) is 15.3 Å². The molecule has 0 spiro atoms. The van der Waals surface area contributed by atoms with E-state index in [9.17, 15) is 0 Å². The summed E-state index contributed by atoms with van der Waals surface area (Å²) in [4.78, 5) is 0. The number of ether oxygens (including phenoxy) is 1. The van der Waals surface area contributed by atoms with Gasteiger partial charge in [0.2, 0.25) is 5.88 Å². The number of anilines is 2. The molecule has 0 unspecified atom stereocenters. The smallest absolute Gasteiger partial charge is 0.233 e. The average molecular weight is 270 g/mol. The van der Waals surface area contributed by atoms with Gasteiger partial charge in [0.05, 0.1) is 12.1 Å². The minimum absolute atomic E-state index is 0.516. The lowest BCUT2D eigenvalue weighted by Crippen LogP contribution is -1.99. The van der Waals surface area contributed by atoms with Gasteiger partial charge >= 0.3 is 0 Å². The van der Waals surface area contributed by atoms with E-state index >= 15 is 0 Å². The molecule has 1 N–H and O–H groups in total. The third-order valence-corrected chi connectivity index (χ3v) is 2.82. The Morgan fingerprint density at radius 3 is 2.80 bits per heavy atom. The van der Waals surface area contributed by atoms with Crippen molar-refractivity contribution in [2.45, 2.75) is 6.92 Å². The Balaban J connectivity index is 1.81. The first-order chi connectivity index (χ1) is 9.76. The van der Waals surface area contributed by atoms with Gasteiger partial charge in [-0.05, 0) is 31.2 Å². The van der Waals surface area contributed by atoms with E-state index in [1.807, 2.05) is 38.2 Å². The molecular formula is C13H14N6O. The van der Waals surface area contributed by atoms with Crippen LogP contribution in [0.1, 0.15) is 6.92 Å². The summed E-state index contributed by atoms with van der Waals surface area (Å²) >= 11 is 0. The second-order valence-corrected chi connectivity index (χ2v) is 4.23. The zero-order valence-corrected chi connectivity index (χ0v) is 11.2. The van der Waals surface area contributed by atoms with E-state index in [1.54, 1.807) is 10.7 Å². The van der Waals surface area contributed by atoms with Crippen LogP contribution in [-0.2, 0) is 7.05 Å². The van der Waals surface area contributed by atoms with Crippen LogP contribution in [-0.4, -0.2) is 31.8 Å². The van der Waals surface area contributed by atoms with Crippen LogP contribution in [0.4, 0.5) is 11.5 Å². The van der Waals surface area contributed by atoms with E-state index in [0.29, 0.717) is 18.3 Å². The summed E-state index contributed by atoms with van der Waals surface area (Å²) in [5.74, 6) is 1.17. The van der Waals surface area contributed by atoms with Crippen molar-refractivity contribution in [3.63, 3.8) is 0 Å². The number of nitrogens with zero attached hydrogens (tertiary/aromatic N) is 5. The third kappa shape index (κ3) is 2.37. The van der Waals surface area contributed by atoms with E-state index < -0.39 is 0 Å². The molecule has 0 radical (unpaired) electrons. The Morgan fingerprint density at radius 1 is 1.15 bits per heavy atom. The highest BCUT2D eigenvalue weighted by Gasteiger charge is 2.04. The SMILES string of the molecule is CCOc1ccc(Nc2ccc3c(c2)nnn3C)nn1. The largest absolute Gasteiger partial charge is 0.477 e. The topological polar surface area (TPSA) is 77.8 Å². The Hall–Kier alpha value is -2.70. The highest BCUT2D eigenvalue weighted by molar-refractivity contribution is 5.79. The van der Waals surface area contributed by atoms with Crippen molar-refractivity contribution in [1.29, 1.82) is 0 Å². The fourth-order valence-corrected chi connectivity index (χ4v) is 1.88. The van der Waals surface area contributed by atoms with Gasteiger partial charge in [-0.3, -0.25) is 0 Å². The predicted molar refractivity (Wildman–Crippen MR) is 75.0 cm³/mol. The van der Waals surface area contributed by atoms with Crippen molar-refractivity contribution in [2.75, 3.05) is 11.9 Å². The Bertz CT molecular complexity index is 721. The quantitative estimate of drug-likeness (QED) is 0.780. The molecule has 0 fully saturated rings. The number of hydrogen-bond donors (Lipinski definition) is 1. The minimum Gasteiger partial charge on any atom is -0.477 e. The number of aromatic nitrogens is 5. The number of nitrogens with one attached hydrogen (secondary N) is 1. The molecule has 102 valence electrons. The average Bonchev–Trinajstić information content (AvgIpc) is 2.83. The Kier molecular flexibility index (Phi) is 3.16. The maximum absolute atomic E-state index is 5.25. The number of aryl methyl sites for hydroxylation is 1. The number of hydrogen-bond acceptors (Lipinski definition) is 6. The molecule has 0 saturated heterocycles. The molecule has 0 amide bonds. The highest BCUT2D eigenvalue weighted by atomic mass is 16.5. The summed E-state index contributed by atoms with van der Waals surface area (Å²) in [6.07, 6.45) is 0. The lowest BCUT2D eigenvalue weighted by Gasteiger charge is -2.06. The predicted octanol–water partition coefficient (Wildman–Crippen LogP) is 1.90. The first-order valence-electron chi connectivity index (χ1n) is 6.29. The molecule has 0 aliphatic carbocycles. The van der Waals surface area contributed by atoms with Crippen LogP contribution in [0.15, 0.2) is 30.3 Å². The monoisotopic (exact) mass is 270 g/mol. The minimum atomic E-state index is 0.516. The molecule has 20 heavy (non-hydrogen) atoms. The molecule has 7 heteroatoms. The molecule has 2 heterocycles. The molecule has 3 aromatic rings. The number of fused-ring (bicyclic) bond motifs is 1. The second-order valence-electron chi connectivity index (χ2n) is 4.23. The van der Waals surface area contributed by atoms with Gasteiger partial charge in [0.1, 0.15) is 5.52 Å². The summed E-state index contributed by atoms with van der Waals surface area (Å²) in [5.41, 5.74) is 2.70. The summed E-state index contributed by atoms with van der Waals surface area (Å²) in [6.45, 7) is 2.48. The van der Waals surface area contributed by atoms with Crippen LogP contribution >= 0.6 is 0 Å². The van der Waals surface area contributed by atoms with Crippen molar-refractivity contribution in [1.82, 2.24) is 25.2 Å². The van der Waals surface area contributed by atoms with Crippen molar-refractivity contribution in [3.8, 4) is 5.88 Å². The van der Waals surface area contributed by atoms with Gasteiger partial charge in [-0.1, -0.05) is 5.21 Å². The maximum atomic E-state index is 5.25. The van der Waals surface area contributed by atoms with Crippen LogP contribution in [0.3, 0.4) is 0 Å². The fourth-order valence-electron chi connectivity index (χ4n) is 1.88. The van der Waals surface area contributed by atoms with Crippen molar-refractivity contribution < 1.29 is 4.74 Å². The van der Waals surface area contributed by atoms with Gasteiger partial charge in [-0.2, -0.15) is 0 Å². The molecule has 0 aliphatic rings. The van der Waals surface area contributed by atoms with Gasteiger partial charge in [-0.25, -0.2) is 4.68 Å². The maximum Gasteiger partial charge on any atom is 0.233 e. The molecule has 0 saturated carbocycles. The molecule has 0 bridgehead atoms. The molecular weight excluding hydrogens is 256 g/mol. The zero-order valence-electron chi connectivity index (χ0n) is 11.2. The number of rotatable bonds is 4. The lowest BCUT2D eigenvalue weighted by molar-refractivity contribution is 0.323. The molecule has 3 rings (SSSR count). The van der Waals surface area contributed by atoms with E-state index in [-0.39, 0.29) is 0 Å². The second kappa shape index (κ2) is 5.12. The van der Waals surface area contributed by atoms with Gasteiger partial charge < -0.3 is 10.1 Å². The van der Waals surface area contributed by atoms with Crippen molar-refractivity contribution in [2.24, 2.45) is 7.05 Å². The third-order valence-electron chi connectivity index (χ3n) is 2.82. The molecule has 2 aromatic heterocycles. The first-order valence-corrected chi connectivity index (χ1v) is 6.29. The molecule has 1 aromatic carbocycles. The van der Waals surface area contributed by atoms with E-state index in [2.05, 4.69) is 25.8 Å². The van der Waals surface area contributed by atoms with Gasteiger partial charge in [0.25, 0.3) is 0 Å². The summed E-state index contributed by atoms with van der Waals surface area (Å²) < 4.78 is 6.98. The highest BCUT2D eigenvalue weighted by Crippen LogP contribution is 2.19. The summed E-state index contributed by atoms with van der Waals surface area (Å²) in [6, 6.07) is 9.42.